The van der Waals surface area contributed by atoms with Gasteiger partial charge in [0.1, 0.15) is 0 Å². The lowest BCUT2D eigenvalue weighted by Crippen LogP contribution is -2.31. The number of piperidine rings is 1. The van der Waals surface area contributed by atoms with Crippen LogP contribution in [-0.2, 0) is 6.42 Å². The van der Waals surface area contributed by atoms with E-state index < -0.39 is 0 Å². The fraction of sp³-hybridized carbons (Fsp3) is 0.643. The van der Waals surface area contributed by atoms with Crippen molar-refractivity contribution in [3.8, 4) is 0 Å². The molecule has 0 aliphatic carbocycles. The first-order valence-electron chi connectivity index (χ1n) is 6.41. The molecule has 1 saturated heterocycles. The molecule has 0 aromatic carbocycles. The third-order valence-electron chi connectivity index (χ3n) is 3.41. The minimum Gasteiger partial charge on any atom is -0.316 e. The van der Waals surface area contributed by atoms with Gasteiger partial charge in [-0.05, 0) is 55.8 Å². The van der Waals surface area contributed by atoms with Gasteiger partial charge >= 0.3 is 0 Å². The van der Waals surface area contributed by atoms with Crippen LogP contribution in [0.5, 0.6) is 0 Å². The summed E-state index contributed by atoms with van der Waals surface area (Å²) in [5.74, 6) is 1.36. The highest BCUT2D eigenvalue weighted by Crippen LogP contribution is 2.17. The molecule has 0 bridgehead atoms. The van der Waals surface area contributed by atoms with Crippen LogP contribution in [-0.4, -0.2) is 18.1 Å². The van der Waals surface area contributed by atoms with Crippen molar-refractivity contribution in [3.05, 3.63) is 29.6 Å². The monoisotopic (exact) mass is 218 g/mol. The van der Waals surface area contributed by atoms with E-state index in [9.17, 15) is 0 Å². The molecule has 1 aromatic heterocycles. The Kier molecular flexibility index (Phi) is 3.94. The van der Waals surface area contributed by atoms with Gasteiger partial charge in [0.25, 0.3) is 0 Å². The summed E-state index contributed by atoms with van der Waals surface area (Å²) in [5, 5.41) is 3.46. The number of nitrogens with zero attached hydrogens (tertiary/aromatic N) is 1. The van der Waals surface area contributed by atoms with Gasteiger partial charge < -0.3 is 5.32 Å². The first kappa shape index (κ1) is 11.6. The van der Waals surface area contributed by atoms with Crippen LogP contribution in [0.1, 0.15) is 43.9 Å². The van der Waals surface area contributed by atoms with Crippen molar-refractivity contribution < 1.29 is 0 Å². The maximum atomic E-state index is 4.57. The van der Waals surface area contributed by atoms with Crippen LogP contribution < -0.4 is 5.32 Å². The highest BCUT2D eigenvalue weighted by atomic mass is 14.9. The second-order valence-corrected chi connectivity index (χ2v) is 5.15. The summed E-state index contributed by atoms with van der Waals surface area (Å²) in [5.41, 5.74) is 2.59. The van der Waals surface area contributed by atoms with E-state index >= 15 is 0 Å². The van der Waals surface area contributed by atoms with Crippen LogP contribution in [0.15, 0.2) is 18.3 Å². The Morgan fingerprint density at radius 1 is 1.44 bits per heavy atom. The van der Waals surface area contributed by atoms with Gasteiger partial charge in [0.15, 0.2) is 0 Å². The highest BCUT2D eigenvalue weighted by Gasteiger charge is 2.13. The number of rotatable bonds is 3. The SMILES string of the molecule is CC(C)c1ccc(CC2CCCNC2)nc1. The first-order chi connectivity index (χ1) is 7.75. The minimum absolute atomic E-state index is 0.581. The lowest BCUT2D eigenvalue weighted by atomic mass is 9.94. The Hall–Kier alpha value is -0.890. The van der Waals surface area contributed by atoms with Gasteiger partial charge in [-0.1, -0.05) is 19.9 Å². The lowest BCUT2D eigenvalue weighted by molar-refractivity contribution is 0.373. The molecule has 1 atom stereocenters. The normalized spacial score (nSPS) is 21.3. The summed E-state index contributed by atoms with van der Waals surface area (Å²) in [6.45, 7) is 6.77. The Labute approximate surface area is 98.5 Å². The van der Waals surface area contributed by atoms with Gasteiger partial charge in [-0.2, -0.15) is 0 Å². The van der Waals surface area contributed by atoms with Gasteiger partial charge in [0.2, 0.25) is 0 Å². The second kappa shape index (κ2) is 5.44. The van der Waals surface area contributed by atoms with Crippen LogP contribution >= 0.6 is 0 Å². The third-order valence-corrected chi connectivity index (χ3v) is 3.41. The smallest absolute Gasteiger partial charge is 0.0407 e. The molecule has 2 heterocycles. The third kappa shape index (κ3) is 3.05. The molecule has 2 nitrogen and oxygen atoms in total. The quantitative estimate of drug-likeness (QED) is 0.844. The molecular formula is C14H22N2. The maximum absolute atomic E-state index is 4.57. The highest BCUT2D eigenvalue weighted by molar-refractivity contribution is 5.17. The van der Waals surface area contributed by atoms with E-state index in [4.69, 9.17) is 0 Å². The molecule has 1 fully saturated rings. The minimum atomic E-state index is 0.581. The molecule has 1 N–H and O–H groups in total. The first-order valence-corrected chi connectivity index (χ1v) is 6.41. The summed E-state index contributed by atoms with van der Waals surface area (Å²) in [7, 11) is 0. The topological polar surface area (TPSA) is 24.9 Å². The fourth-order valence-corrected chi connectivity index (χ4v) is 2.29. The summed E-state index contributed by atoms with van der Waals surface area (Å²) >= 11 is 0. The van der Waals surface area contributed by atoms with Crippen molar-refractivity contribution in [1.29, 1.82) is 0 Å². The van der Waals surface area contributed by atoms with Crippen molar-refractivity contribution >= 4 is 0 Å². The molecule has 1 unspecified atom stereocenters. The van der Waals surface area contributed by atoms with Crippen LogP contribution in [0.2, 0.25) is 0 Å². The Bertz CT molecular complexity index is 310. The summed E-state index contributed by atoms with van der Waals surface area (Å²) in [4.78, 5) is 4.57. The van der Waals surface area contributed by atoms with E-state index in [1.165, 1.54) is 30.6 Å². The zero-order valence-corrected chi connectivity index (χ0v) is 10.4. The molecule has 0 amide bonds. The van der Waals surface area contributed by atoms with Crippen molar-refractivity contribution in [2.75, 3.05) is 13.1 Å². The van der Waals surface area contributed by atoms with Gasteiger partial charge in [-0.3, -0.25) is 4.98 Å². The van der Waals surface area contributed by atoms with E-state index in [2.05, 4.69) is 36.3 Å². The van der Waals surface area contributed by atoms with E-state index in [0.29, 0.717) is 5.92 Å². The maximum Gasteiger partial charge on any atom is 0.0407 e. The van der Waals surface area contributed by atoms with Gasteiger partial charge in [0, 0.05) is 11.9 Å². The second-order valence-electron chi connectivity index (χ2n) is 5.15. The largest absolute Gasteiger partial charge is 0.316 e. The predicted molar refractivity (Wildman–Crippen MR) is 67.6 cm³/mol. The molecule has 0 radical (unpaired) electrons. The lowest BCUT2D eigenvalue weighted by Gasteiger charge is -2.22. The molecule has 0 saturated carbocycles. The predicted octanol–water partition coefficient (Wildman–Crippen LogP) is 2.75. The van der Waals surface area contributed by atoms with Crippen molar-refractivity contribution in [1.82, 2.24) is 10.3 Å². The summed E-state index contributed by atoms with van der Waals surface area (Å²) in [6.07, 6.45) is 5.83. The van der Waals surface area contributed by atoms with Crippen molar-refractivity contribution in [2.24, 2.45) is 5.92 Å². The average Bonchev–Trinajstić information content (AvgIpc) is 2.31. The molecule has 88 valence electrons. The molecule has 1 aliphatic rings. The van der Waals surface area contributed by atoms with E-state index in [-0.39, 0.29) is 0 Å². The van der Waals surface area contributed by atoms with Crippen LogP contribution in [0.4, 0.5) is 0 Å². The number of hydrogen-bond donors (Lipinski definition) is 1. The number of pyridine rings is 1. The van der Waals surface area contributed by atoms with Crippen molar-refractivity contribution in [3.63, 3.8) is 0 Å². The summed E-state index contributed by atoms with van der Waals surface area (Å²) < 4.78 is 0. The van der Waals surface area contributed by atoms with Crippen LogP contribution in [0, 0.1) is 5.92 Å². The Balaban J connectivity index is 1.93. The van der Waals surface area contributed by atoms with Crippen molar-refractivity contribution in [2.45, 2.75) is 39.0 Å². The fourth-order valence-electron chi connectivity index (χ4n) is 2.29. The molecule has 1 aromatic rings. The van der Waals surface area contributed by atoms with E-state index in [1.807, 2.05) is 6.20 Å². The molecule has 1 aliphatic heterocycles. The van der Waals surface area contributed by atoms with Crippen LogP contribution in [0.25, 0.3) is 0 Å². The zero-order valence-electron chi connectivity index (χ0n) is 10.4. The molecule has 2 rings (SSSR count). The van der Waals surface area contributed by atoms with Gasteiger partial charge in [-0.25, -0.2) is 0 Å². The van der Waals surface area contributed by atoms with Gasteiger partial charge in [-0.15, -0.1) is 0 Å². The standard InChI is InChI=1S/C14H22N2/c1-11(2)13-5-6-14(16-10-13)8-12-4-3-7-15-9-12/h5-6,10-12,15H,3-4,7-9H2,1-2H3. The average molecular weight is 218 g/mol. The molecule has 16 heavy (non-hydrogen) atoms. The molecule has 0 spiro atoms. The number of aromatic nitrogens is 1. The zero-order chi connectivity index (χ0) is 11.4. The Morgan fingerprint density at radius 2 is 2.31 bits per heavy atom. The van der Waals surface area contributed by atoms with E-state index in [1.54, 1.807) is 0 Å². The summed E-state index contributed by atoms with van der Waals surface area (Å²) in [6, 6.07) is 4.42. The van der Waals surface area contributed by atoms with E-state index in [0.717, 1.165) is 18.9 Å². The number of nitrogens with one attached hydrogen (secondary N) is 1. The molecule has 2 heteroatoms. The number of hydrogen-bond acceptors (Lipinski definition) is 2. The van der Waals surface area contributed by atoms with Crippen LogP contribution in [0.3, 0.4) is 0 Å². The van der Waals surface area contributed by atoms with Gasteiger partial charge in [0.05, 0.1) is 0 Å². The Morgan fingerprint density at radius 3 is 2.88 bits per heavy atom. The molecular weight excluding hydrogens is 196 g/mol.